The van der Waals surface area contributed by atoms with Crippen molar-refractivity contribution in [3.05, 3.63) is 24.8 Å². The lowest BCUT2D eigenvalue weighted by atomic mass is 9.98. The summed E-state index contributed by atoms with van der Waals surface area (Å²) in [6.45, 7) is 5.89. The number of hydrogen-bond acceptors (Lipinski definition) is 3. The molecule has 33 heavy (non-hydrogen) atoms. The Labute approximate surface area is 204 Å². The van der Waals surface area contributed by atoms with Crippen LogP contribution in [0.1, 0.15) is 135 Å². The number of carbonyl (C=O) groups excluding carboxylic acids is 1. The number of aliphatic carboxylic acids is 1. The second kappa shape index (κ2) is 25.1. The Kier molecular flexibility index (Phi) is 23.9. The van der Waals surface area contributed by atoms with Gasteiger partial charge in [0.2, 0.25) is 0 Å². The molecule has 0 aliphatic rings. The van der Waals surface area contributed by atoms with Crippen molar-refractivity contribution >= 4 is 11.9 Å². The molecule has 0 bridgehead atoms. The highest BCUT2D eigenvalue weighted by Crippen LogP contribution is 2.16. The van der Waals surface area contributed by atoms with Crippen molar-refractivity contribution in [2.24, 2.45) is 5.92 Å². The van der Waals surface area contributed by atoms with E-state index < -0.39 is 17.9 Å². The Morgan fingerprint density at radius 1 is 0.758 bits per heavy atom. The summed E-state index contributed by atoms with van der Waals surface area (Å²) in [7, 11) is 0. The summed E-state index contributed by atoms with van der Waals surface area (Å²) in [4.78, 5) is 22.9. The van der Waals surface area contributed by atoms with E-state index in [4.69, 9.17) is 4.74 Å². The molecule has 0 amide bonds. The van der Waals surface area contributed by atoms with Gasteiger partial charge in [-0.15, -0.1) is 0 Å². The molecule has 0 aromatic rings. The number of unbranched alkanes of at least 4 members (excludes halogenated alkanes) is 16. The molecular weight excluding hydrogens is 412 g/mol. The smallest absolute Gasteiger partial charge is 0.307 e. The van der Waals surface area contributed by atoms with Crippen molar-refractivity contribution in [2.45, 2.75) is 135 Å². The van der Waals surface area contributed by atoms with Gasteiger partial charge in [0.05, 0.1) is 12.3 Å². The zero-order valence-electron chi connectivity index (χ0n) is 21.5. The lowest BCUT2D eigenvalue weighted by Gasteiger charge is -2.10. The molecule has 0 radical (unpaired) electrons. The third kappa shape index (κ3) is 23.4. The predicted octanol–water partition coefficient (Wildman–Crippen LogP) is 8.79. The van der Waals surface area contributed by atoms with Gasteiger partial charge in [0.25, 0.3) is 0 Å². The molecule has 1 atom stereocenters. The van der Waals surface area contributed by atoms with Crippen LogP contribution in [0.15, 0.2) is 24.8 Å². The molecule has 0 saturated carbocycles. The molecule has 0 fully saturated rings. The zero-order valence-corrected chi connectivity index (χ0v) is 21.5. The molecule has 0 rings (SSSR count). The van der Waals surface area contributed by atoms with Crippen LogP contribution >= 0.6 is 0 Å². The van der Waals surface area contributed by atoms with E-state index in [1.165, 1.54) is 102 Å². The summed E-state index contributed by atoms with van der Waals surface area (Å²) in [5.74, 6) is -2.05. The van der Waals surface area contributed by atoms with Crippen LogP contribution in [0.3, 0.4) is 0 Å². The van der Waals surface area contributed by atoms with E-state index in [0.29, 0.717) is 6.42 Å². The average Bonchev–Trinajstić information content (AvgIpc) is 2.80. The van der Waals surface area contributed by atoms with E-state index in [0.717, 1.165) is 19.3 Å². The van der Waals surface area contributed by atoms with Crippen LogP contribution in [0.5, 0.6) is 0 Å². The first kappa shape index (κ1) is 31.4. The molecule has 0 spiro atoms. The van der Waals surface area contributed by atoms with Crippen molar-refractivity contribution in [3.63, 3.8) is 0 Å². The van der Waals surface area contributed by atoms with E-state index in [1.54, 1.807) is 0 Å². The summed E-state index contributed by atoms with van der Waals surface area (Å²) < 4.78 is 4.88. The summed E-state index contributed by atoms with van der Waals surface area (Å²) in [6.07, 6.45) is 29.8. The van der Waals surface area contributed by atoms with Gasteiger partial charge in [-0.1, -0.05) is 122 Å². The van der Waals surface area contributed by atoms with E-state index >= 15 is 0 Å². The van der Waals surface area contributed by atoms with Crippen LogP contribution in [0.2, 0.25) is 0 Å². The zero-order chi connectivity index (χ0) is 24.4. The minimum absolute atomic E-state index is 0.0635. The first-order valence-electron chi connectivity index (χ1n) is 13.8. The van der Waals surface area contributed by atoms with Gasteiger partial charge >= 0.3 is 11.9 Å². The van der Waals surface area contributed by atoms with Gasteiger partial charge in [-0.05, 0) is 32.1 Å². The fraction of sp³-hybridized carbons (Fsp3) is 0.793. The molecule has 4 nitrogen and oxygen atoms in total. The first-order chi connectivity index (χ1) is 16.1. The quantitative estimate of drug-likeness (QED) is 0.0832. The van der Waals surface area contributed by atoms with Gasteiger partial charge in [0.1, 0.15) is 6.61 Å². The predicted molar refractivity (Wildman–Crippen MR) is 139 cm³/mol. The minimum atomic E-state index is -0.924. The van der Waals surface area contributed by atoms with Crippen LogP contribution in [0.25, 0.3) is 0 Å². The highest BCUT2D eigenvalue weighted by molar-refractivity contribution is 5.78. The van der Waals surface area contributed by atoms with Crippen LogP contribution in [-0.4, -0.2) is 23.7 Å². The average molecular weight is 465 g/mol. The third-order valence-corrected chi connectivity index (χ3v) is 6.19. The molecular formula is C29H52O4. The highest BCUT2D eigenvalue weighted by Gasteiger charge is 2.21. The maximum absolute atomic E-state index is 11.6. The van der Waals surface area contributed by atoms with E-state index in [9.17, 15) is 14.7 Å². The van der Waals surface area contributed by atoms with Gasteiger partial charge in [0.15, 0.2) is 0 Å². The monoisotopic (exact) mass is 464 g/mol. The fourth-order valence-electron chi connectivity index (χ4n) is 4.08. The molecule has 192 valence electrons. The van der Waals surface area contributed by atoms with Crippen molar-refractivity contribution in [2.75, 3.05) is 6.61 Å². The number of ether oxygens (including phenoxy) is 1. The van der Waals surface area contributed by atoms with Gasteiger partial charge in [-0.3, -0.25) is 9.59 Å². The number of carbonyl (C=O) groups is 2. The molecule has 0 aromatic heterocycles. The molecule has 0 heterocycles. The summed E-state index contributed by atoms with van der Waals surface area (Å²) in [6, 6.07) is 0. The van der Waals surface area contributed by atoms with E-state index in [1.807, 2.05) is 0 Å². The summed E-state index contributed by atoms with van der Waals surface area (Å²) in [5.41, 5.74) is 0. The SMILES string of the molecule is C=CCOC(=O)CC(CCC/C=C/CCCCCCCCCCCCCCCCC)C(=O)O. The number of esters is 1. The number of carboxylic acid groups (broad SMARTS) is 1. The number of allylic oxidation sites excluding steroid dienone is 2. The second-order valence-electron chi connectivity index (χ2n) is 9.35. The van der Waals surface area contributed by atoms with Gasteiger partial charge in [0, 0.05) is 0 Å². The van der Waals surface area contributed by atoms with Crippen molar-refractivity contribution in [3.8, 4) is 0 Å². The molecule has 0 aliphatic carbocycles. The van der Waals surface area contributed by atoms with Crippen LogP contribution in [0.4, 0.5) is 0 Å². The third-order valence-electron chi connectivity index (χ3n) is 6.19. The molecule has 1 unspecified atom stereocenters. The maximum Gasteiger partial charge on any atom is 0.307 e. The lowest BCUT2D eigenvalue weighted by molar-refractivity contribution is -0.151. The van der Waals surface area contributed by atoms with Crippen LogP contribution in [-0.2, 0) is 14.3 Å². The normalized spacial score (nSPS) is 12.2. The second-order valence-corrected chi connectivity index (χ2v) is 9.35. The Morgan fingerprint density at radius 2 is 1.21 bits per heavy atom. The Hall–Kier alpha value is -1.58. The van der Waals surface area contributed by atoms with E-state index in [2.05, 4.69) is 25.7 Å². The standard InChI is InChI=1S/C29H52O4/c1-3-5-6-7-8-9-10-11-12-13-14-15-16-17-18-19-20-21-22-23-24-27(29(31)32)26-28(30)33-25-4-2/h4,20-21,27H,2-3,5-19,22-26H2,1H3,(H,31,32)/b21-20+. The molecule has 4 heteroatoms. The van der Waals surface area contributed by atoms with Crippen molar-refractivity contribution in [1.29, 1.82) is 0 Å². The van der Waals surface area contributed by atoms with Gasteiger partial charge < -0.3 is 9.84 Å². The molecule has 0 saturated heterocycles. The maximum atomic E-state index is 11.6. The topological polar surface area (TPSA) is 63.6 Å². The van der Waals surface area contributed by atoms with Crippen molar-refractivity contribution < 1.29 is 19.4 Å². The Morgan fingerprint density at radius 3 is 1.67 bits per heavy atom. The number of carboxylic acids is 1. The Bertz CT molecular complexity index is 498. The molecule has 0 aromatic carbocycles. The van der Waals surface area contributed by atoms with Crippen LogP contribution < -0.4 is 0 Å². The lowest BCUT2D eigenvalue weighted by Crippen LogP contribution is -2.19. The first-order valence-corrected chi connectivity index (χ1v) is 13.8. The fourth-order valence-corrected chi connectivity index (χ4v) is 4.08. The minimum Gasteiger partial charge on any atom is -0.481 e. The summed E-state index contributed by atoms with van der Waals surface area (Å²) >= 11 is 0. The molecule has 1 N–H and O–H groups in total. The number of hydrogen-bond donors (Lipinski definition) is 1. The number of rotatable bonds is 25. The largest absolute Gasteiger partial charge is 0.481 e. The highest BCUT2D eigenvalue weighted by atomic mass is 16.5. The van der Waals surface area contributed by atoms with E-state index in [-0.39, 0.29) is 13.0 Å². The van der Waals surface area contributed by atoms with Crippen LogP contribution in [0, 0.1) is 5.92 Å². The molecule has 0 aliphatic heterocycles. The van der Waals surface area contributed by atoms with Crippen molar-refractivity contribution in [1.82, 2.24) is 0 Å². The van der Waals surface area contributed by atoms with Gasteiger partial charge in [-0.2, -0.15) is 0 Å². The summed E-state index contributed by atoms with van der Waals surface area (Å²) in [5, 5.41) is 9.26. The Balaban J connectivity index is 3.44. The van der Waals surface area contributed by atoms with Gasteiger partial charge in [-0.25, -0.2) is 0 Å².